The van der Waals surface area contributed by atoms with E-state index in [2.05, 4.69) is 9.98 Å². The molecule has 0 unspecified atom stereocenters. The molecule has 7 heteroatoms. The van der Waals surface area contributed by atoms with Gasteiger partial charge in [0, 0.05) is 14.1 Å². The highest BCUT2D eigenvalue weighted by atomic mass is 35.5. The van der Waals surface area contributed by atoms with E-state index in [9.17, 15) is 0 Å². The second kappa shape index (κ2) is 5.63. The van der Waals surface area contributed by atoms with Crippen molar-refractivity contribution >= 4 is 23.8 Å². The van der Waals surface area contributed by atoms with Crippen LogP contribution in [0.5, 0.6) is 0 Å². The van der Waals surface area contributed by atoms with Gasteiger partial charge in [-0.3, -0.25) is 0 Å². The van der Waals surface area contributed by atoms with Crippen molar-refractivity contribution in [2.45, 2.75) is 0 Å². The van der Waals surface area contributed by atoms with E-state index >= 15 is 0 Å². The van der Waals surface area contributed by atoms with Gasteiger partial charge in [-0.15, -0.1) is 0 Å². The smallest absolute Gasteiger partial charge is 0.174 e. The lowest BCUT2D eigenvalue weighted by molar-refractivity contribution is 0.643. The minimum Gasteiger partial charge on any atom is -0.369 e. The molecule has 0 aliphatic heterocycles. The van der Waals surface area contributed by atoms with Crippen molar-refractivity contribution in [3.8, 4) is 18.2 Å². The van der Waals surface area contributed by atoms with Gasteiger partial charge in [0.25, 0.3) is 0 Å². The van der Waals surface area contributed by atoms with E-state index in [1.807, 2.05) is 6.07 Å². The second-order valence-electron chi connectivity index (χ2n) is 3.39. The Balaban J connectivity index is 3.59. The first kappa shape index (κ1) is 13.4. The van der Waals surface area contributed by atoms with Crippen LogP contribution in [0.4, 0.5) is 5.82 Å². The molecule has 1 aromatic rings. The van der Waals surface area contributed by atoms with Crippen molar-refractivity contribution in [2.24, 2.45) is 4.99 Å². The Bertz CT molecular complexity index is 627. The van der Waals surface area contributed by atoms with Crippen LogP contribution in [-0.2, 0) is 0 Å². The Labute approximate surface area is 109 Å². The lowest BCUT2D eigenvalue weighted by Crippen LogP contribution is -2.07. The van der Waals surface area contributed by atoms with Crippen LogP contribution in [0.25, 0.3) is 0 Å². The zero-order valence-corrected chi connectivity index (χ0v) is 10.4. The summed E-state index contributed by atoms with van der Waals surface area (Å²) >= 11 is 5.78. The Hall–Kier alpha value is -2.62. The molecule has 0 radical (unpaired) electrons. The Kier molecular flexibility index (Phi) is 4.21. The molecule has 0 bridgehead atoms. The second-order valence-corrected chi connectivity index (χ2v) is 3.75. The maximum absolute atomic E-state index is 9.03. The summed E-state index contributed by atoms with van der Waals surface area (Å²) < 4.78 is 0. The van der Waals surface area contributed by atoms with Crippen molar-refractivity contribution in [3.63, 3.8) is 0 Å². The molecule has 0 saturated carbocycles. The molecule has 0 atom stereocenters. The molecule has 0 fully saturated rings. The molecule has 0 aliphatic rings. The number of pyridine rings is 1. The first-order chi connectivity index (χ1) is 8.54. The van der Waals surface area contributed by atoms with E-state index < -0.39 is 0 Å². The number of aromatic nitrogens is 1. The Morgan fingerprint density at radius 3 is 2.11 bits per heavy atom. The third kappa shape index (κ3) is 2.55. The first-order valence-electron chi connectivity index (χ1n) is 4.69. The van der Waals surface area contributed by atoms with Crippen LogP contribution < -0.4 is 0 Å². The molecule has 1 rings (SSSR count). The molecule has 1 heterocycles. The highest BCUT2D eigenvalue weighted by Gasteiger charge is 2.18. The SMILES string of the molecule is CN(C)C=Nc1nc(Cl)c(C#N)c(C#N)c1C#N. The average Bonchev–Trinajstić information content (AvgIpc) is 2.34. The topological polar surface area (TPSA) is 99.9 Å². The summed E-state index contributed by atoms with van der Waals surface area (Å²) in [6, 6.07) is 5.34. The molecule has 0 saturated heterocycles. The summed E-state index contributed by atoms with van der Waals surface area (Å²) in [6.07, 6.45) is 1.42. The summed E-state index contributed by atoms with van der Waals surface area (Å²) in [5.41, 5.74) is -0.276. The quantitative estimate of drug-likeness (QED) is 0.455. The normalized spacial score (nSPS) is 9.56. The van der Waals surface area contributed by atoms with Gasteiger partial charge in [-0.1, -0.05) is 11.6 Å². The predicted octanol–water partition coefficient (Wildman–Crippen LogP) is 1.57. The van der Waals surface area contributed by atoms with Crippen molar-refractivity contribution in [1.29, 1.82) is 15.8 Å². The van der Waals surface area contributed by atoms with Crippen LogP contribution in [0, 0.1) is 34.0 Å². The number of halogens is 1. The van der Waals surface area contributed by atoms with E-state index in [4.69, 9.17) is 27.4 Å². The number of hydrogen-bond donors (Lipinski definition) is 0. The van der Waals surface area contributed by atoms with Gasteiger partial charge in [0.05, 0.1) is 11.9 Å². The fourth-order valence-electron chi connectivity index (χ4n) is 1.13. The summed E-state index contributed by atoms with van der Waals surface area (Å²) in [5.74, 6) is 0.0201. The molecule has 88 valence electrons. The van der Waals surface area contributed by atoms with Crippen LogP contribution >= 0.6 is 11.6 Å². The van der Waals surface area contributed by atoms with E-state index in [1.165, 1.54) is 6.34 Å². The van der Waals surface area contributed by atoms with Crippen LogP contribution in [0.2, 0.25) is 5.15 Å². The van der Waals surface area contributed by atoms with Crippen LogP contribution in [0.1, 0.15) is 16.7 Å². The number of hydrogen-bond acceptors (Lipinski definition) is 5. The van der Waals surface area contributed by atoms with Gasteiger partial charge in [0.2, 0.25) is 0 Å². The van der Waals surface area contributed by atoms with E-state index in [0.29, 0.717) is 0 Å². The molecule has 0 aliphatic carbocycles. The van der Waals surface area contributed by atoms with Gasteiger partial charge >= 0.3 is 0 Å². The maximum atomic E-state index is 9.03. The number of nitriles is 3. The van der Waals surface area contributed by atoms with E-state index in [1.54, 1.807) is 31.1 Å². The van der Waals surface area contributed by atoms with Crippen molar-refractivity contribution in [2.75, 3.05) is 14.1 Å². The molecule has 1 aromatic heterocycles. The summed E-state index contributed by atoms with van der Waals surface area (Å²) in [6.45, 7) is 0. The fourth-order valence-corrected chi connectivity index (χ4v) is 1.34. The van der Waals surface area contributed by atoms with Gasteiger partial charge in [-0.2, -0.15) is 15.8 Å². The Morgan fingerprint density at radius 2 is 1.67 bits per heavy atom. The fraction of sp³-hybridized carbons (Fsp3) is 0.182. The number of rotatable bonds is 2. The van der Waals surface area contributed by atoms with Gasteiger partial charge in [0.15, 0.2) is 11.0 Å². The lowest BCUT2D eigenvalue weighted by atomic mass is 10.1. The minimum atomic E-state index is -0.140. The van der Waals surface area contributed by atoms with Crippen molar-refractivity contribution in [1.82, 2.24) is 9.88 Å². The van der Waals surface area contributed by atoms with Gasteiger partial charge < -0.3 is 4.90 Å². The zero-order chi connectivity index (χ0) is 13.7. The third-order valence-corrected chi connectivity index (χ3v) is 2.15. The standard InChI is InChI=1S/C11H7ClN6/c1-18(2)6-16-11-9(5-15)7(3-13)8(4-14)10(12)17-11/h6H,1-2H3. The number of aliphatic imine (C=N–C) groups is 1. The Morgan fingerprint density at radius 1 is 1.11 bits per heavy atom. The molecule has 0 aromatic carbocycles. The molecule has 0 spiro atoms. The molecule has 0 amide bonds. The molecular weight excluding hydrogens is 252 g/mol. The molecular formula is C11H7ClN6. The van der Waals surface area contributed by atoms with Crippen LogP contribution in [0.15, 0.2) is 4.99 Å². The minimum absolute atomic E-state index is 0.0201. The summed E-state index contributed by atoms with van der Waals surface area (Å²) in [7, 11) is 3.48. The molecule has 18 heavy (non-hydrogen) atoms. The summed E-state index contributed by atoms with van der Waals surface area (Å²) in [4.78, 5) is 9.42. The van der Waals surface area contributed by atoms with Crippen LogP contribution in [0.3, 0.4) is 0 Å². The van der Waals surface area contributed by atoms with E-state index in [-0.39, 0.29) is 27.7 Å². The van der Waals surface area contributed by atoms with Crippen molar-refractivity contribution < 1.29 is 0 Å². The van der Waals surface area contributed by atoms with Crippen molar-refractivity contribution in [3.05, 3.63) is 21.8 Å². The lowest BCUT2D eigenvalue weighted by Gasteiger charge is -2.05. The maximum Gasteiger partial charge on any atom is 0.174 e. The average molecular weight is 259 g/mol. The monoisotopic (exact) mass is 258 g/mol. The van der Waals surface area contributed by atoms with Gasteiger partial charge in [-0.05, 0) is 0 Å². The summed E-state index contributed by atoms with van der Waals surface area (Å²) in [5, 5.41) is 26.8. The highest BCUT2D eigenvalue weighted by Crippen LogP contribution is 2.27. The number of nitrogens with zero attached hydrogens (tertiary/aromatic N) is 6. The van der Waals surface area contributed by atoms with Gasteiger partial charge in [-0.25, -0.2) is 9.98 Å². The highest BCUT2D eigenvalue weighted by molar-refractivity contribution is 6.30. The third-order valence-electron chi connectivity index (χ3n) is 1.88. The zero-order valence-electron chi connectivity index (χ0n) is 9.64. The first-order valence-corrected chi connectivity index (χ1v) is 5.07. The largest absolute Gasteiger partial charge is 0.369 e. The molecule has 0 N–H and O–H groups in total. The van der Waals surface area contributed by atoms with Gasteiger partial charge in [0.1, 0.15) is 29.3 Å². The molecule has 6 nitrogen and oxygen atoms in total. The predicted molar refractivity (Wildman–Crippen MR) is 65.2 cm³/mol. The van der Waals surface area contributed by atoms with Crippen LogP contribution in [-0.4, -0.2) is 30.3 Å². The van der Waals surface area contributed by atoms with E-state index in [0.717, 1.165) is 0 Å².